The van der Waals surface area contributed by atoms with Crippen molar-refractivity contribution < 1.29 is 9.90 Å². The van der Waals surface area contributed by atoms with Gasteiger partial charge in [0.2, 0.25) is 0 Å². The summed E-state index contributed by atoms with van der Waals surface area (Å²) in [6, 6.07) is 54.7. The zero-order valence-corrected chi connectivity index (χ0v) is 26.4. The molecule has 0 aliphatic heterocycles. The van der Waals surface area contributed by atoms with Crippen molar-refractivity contribution in [1.29, 1.82) is 0 Å². The van der Waals surface area contributed by atoms with E-state index in [4.69, 9.17) is 9.90 Å². The van der Waals surface area contributed by atoms with Gasteiger partial charge in [0.05, 0.1) is 5.48 Å². The summed E-state index contributed by atoms with van der Waals surface area (Å²) in [5.74, 6) is 0. The molecule has 10 rings (SSSR count). The first kappa shape index (κ1) is 23.8. The highest BCUT2D eigenvalue weighted by atomic mass is 16.3. The number of fused-ring (bicyclic) bond motifs is 6. The number of benzene rings is 9. The summed E-state index contributed by atoms with van der Waals surface area (Å²) in [6.45, 7) is 0. The molecule has 228 valence electrons. The maximum Gasteiger partial charge on any atom is 0.136 e. The Balaban J connectivity index is 1.10. The van der Waals surface area contributed by atoms with Gasteiger partial charge in [0.15, 0.2) is 0 Å². The monoisotopic (exact) mass is 626 g/mol. The van der Waals surface area contributed by atoms with Crippen molar-refractivity contribution in [3.63, 3.8) is 0 Å². The second kappa shape index (κ2) is 11.1. The summed E-state index contributed by atoms with van der Waals surface area (Å²) < 4.78 is 39.4. The standard InChI is InChI=1S/C48H30O/c1-2-11-31(12-3-1)34-15-10-16-38(27-34)48-41-19-8-6-17-39(41)47(40-18-7-9-20-42(40)48)33-23-21-32(22-24-33)37-25-26-45-43(29-37)44-28-35-13-4-5-14-36(35)30-46(44)49-45/h1-30H/i4D,5D,13D,14D. The summed E-state index contributed by atoms with van der Waals surface area (Å²) in [5.41, 5.74) is 10.6. The van der Waals surface area contributed by atoms with Crippen LogP contribution in [0.1, 0.15) is 5.48 Å². The first-order chi connectivity index (χ1) is 25.9. The van der Waals surface area contributed by atoms with Gasteiger partial charge in [-0.2, -0.15) is 0 Å². The van der Waals surface area contributed by atoms with Gasteiger partial charge >= 0.3 is 0 Å². The van der Waals surface area contributed by atoms with Crippen LogP contribution in [-0.4, -0.2) is 0 Å². The van der Waals surface area contributed by atoms with E-state index < -0.39 is 0 Å². The molecule has 1 nitrogen and oxygen atoms in total. The Morgan fingerprint density at radius 3 is 1.51 bits per heavy atom. The zero-order valence-electron chi connectivity index (χ0n) is 30.4. The van der Waals surface area contributed by atoms with Gasteiger partial charge in [-0.25, -0.2) is 0 Å². The van der Waals surface area contributed by atoms with Crippen LogP contribution in [0.25, 0.3) is 98.8 Å². The van der Waals surface area contributed by atoms with Crippen LogP contribution in [0.5, 0.6) is 0 Å². The highest BCUT2D eigenvalue weighted by Gasteiger charge is 2.17. The van der Waals surface area contributed by atoms with E-state index in [9.17, 15) is 0 Å². The van der Waals surface area contributed by atoms with Gasteiger partial charge in [0, 0.05) is 10.8 Å². The topological polar surface area (TPSA) is 13.1 Å². The SMILES string of the molecule is [2H]c1c([2H])c([2H])c2cc3c(cc2c1[2H])oc1ccc(-c2ccc(-c4c5ccccc5c(-c5cccc(-c6ccccc6)c5)c5ccccc45)cc2)cc13. The molecule has 0 atom stereocenters. The van der Waals surface area contributed by atoms with Crippen LogP contribution in [0.15, 0.2) is 186 Å². The molecule has 0 spiro atoms. The molecular formula is C48H30O. The first-order valence-corrected chi connectivity index (χ1v) is 16.5. The molecule has 10 aromatic rings. The van der Waals surface area contributed by atoms with E-state index in [0.29, 0.717) is 21.9 Å². The maximum atomic E-state index is 8.51. The Morgan fingerprint density at radius 1 is 0.327 bits per heavy atom. The fraction of sp³-hybridized carbons (Fsp3) is 0. The molecule has 0 amide bonds. The summed E-state index contributed by atoms with van der Waals surface area (Å²) in [7, 11) is 0. The number of rotatable bonds is 4. The lowest BCUT2D eigenvalue weighted by Crippen LogP contribution is -1.91. The first-order valence-electron chi connectivity index (χ1n) is 18.5. The quantitative estimate of drug-likeness (QED) is 0.177. The largest absolute Gasteiger partial charge is 0.456 e. The minimum absolute atomic E-state index is 0.0437. The molecule has 9 aromatic carbocycles. The van der Waals surface area contributed by atoms with E-state index >= 15 is 0 Å². The van der Waals surface area contributed by atoms with E-state index in [1.54, 1.807) is 6.07 Å². The molecule has 0 N–H and O–H groups in total. The van der Waals surface area contributed by atoms with Crippen LogP contribution in [0.2, 0.25) is 0 Å². The maximum absolute atomic E-state index is 8.51. The Labute approximate surface area is 289 Å². The normalized spacial score (nSPS) is 12.8. The molecule has 0 saturated heterocycles. The van der Waals surface area contributed by atoms with Gasteiger partial charge in [-0.15, -0.1) is 0 Å². The third kappa shape index (κ3) is 4.55. The summed E-state index contributed by atoms with van der Waals surface area (Å²) in [4.78, 5) is 0. The van der Waals surface area contributed by atoms with Crippen LogP contribution >= 0.6 is 0 Å². The van der Waals surface area contributed by atoms with Crippen molar-refractivity contribution in [3.8, 4) is 44.5 Å². The Hall–Kier alpha value is -6.44. The van der Waals surface area contributed by atoms with Gasteiger partial charge in [-0.3, -0.25) is 0 Å². The van der Waals surface area contributed by atoms with E-state index in [1.807, 2.05) is 12.1 Å². The molecule has 1 heterocycles. The van der Waals surface area contributed by atoms with Crippen molar-refractivity contribution in [2.45, 2.75) is 0 Å². The molecule has 1 heteroatoms. The molecule has 0 fully saturated rings. The van der Waals surface area contributed by atoms with E-state index in [2.05, 4.69) is 140 Å². The summed E-state index contributed by atoms with van der Waals surface area (Å²) in [6.07, 6.45) is 0. The van der Waals surface area contributed by atoms with Crippen molar-refractivity contribution >= 4 is 54.3 Å². The van der Waals surface area contributed by atoms with E-state index in [1.165, 1.54) is 49.4 Å². The molecule has 0 radical (unpaired) electrons. The average molecular weight is 627 g/mol. The van der Waals surface area contributed by atoms with Crippen molar-refractivity contribution in [2.75, 3.05) is 0 Å². The molecular weight excluding hydrogens is 593 g/mol. The van der Waals surface area contributed by atoms with Crippen LogP contribution in [0, 0.1) is 0 Å². The van der Waals surface area contributed by atoms with Crippen molar-refractivity contribution in [3.05, 3.63) is 182 Å². The van der Waals surface area contributed by atoms with Crippen LogP contribution in [-0.2, 0) is 0 Å². The predicted molar refractivity (Wildman–Crippen MR) is 208 cm³/mol. The van der Waals surface area contributed by atoms with E-state index in [-0.39, 0.29) is 24.2 Å². The second-order valence-electron chi connectivity index (χ2n) is 12.6. The smallest absolute Gasteiger partial charge is 0.136 e. The van der Waals surface area contributed by atoms with Gasteiger partial charge in [-0.1, -0.05) is 152 Å². The van der Waals surface area contributed by atoms with Crippen molar-refractivity contribution in [2.24, 2.45) is 0 Å². The predicted octanol–water partition coefficient (Wildman–Crippen LogP) is 13.7. The molecule has 49 heavy (non-hydrogen) atoms. The highest BCUT2D eigenvalue weighted by Crippen LogP contribution is 2.44. The molecule has 1 aromatic heterocycles. The Morgan fingerprint density at radius 2 is 0.816 bits per heavy atom. The van der Waals surface area contributed by atoms with Crippen molar-refractivity contribution in [1.82, 2.24) is 0 Å². The zero-order chi connectivity index (χ0) is 35.8. The van der Waals surface area contributed by atoms with Crippen LogP contribution in [0.3, 0.4) is 0 Å². The number of furan rings is 1. The second-order valence-corrected chi connectivity index (χ2v) is 12.6. The van der Waals surface area contributed by atoms with Gasteiger partial charge < -0.3 is 4.42 Å². The third-order valence-corrected chi connectivity index (χ3v) is 9.76. The lowest BCUT2D eigenvalue weighted by Gasteiger charge is -2.18. The fourth-order valence-electron chi connectivity index (χ4n) is 7.47. The third-order valence-electron chi connectivity index (χ3n) is 9.76. The summed E-state index contributed by atoms with van der Waals surface area (Å²) >= 11 is 0. The highest BCUT2D eigenvalue weighted by molar-refractivity contribution is 6.21. The van der Waals surface area contributed by atoms with Gasteiger partial charge in [0.1, 0.15) is 11.2 Å². The average Bonchev–Trinajstić information content (AvgIpc) is 3.58. The minimum Gasteiger partial charge on any atom is -0.456 e. The van der Waals surface area contributed by atoms with E-state index in [0.717, 1.165) is 27.5 Å². The molecule has 0 aliphatic carbocycles. The summed E-state index contributed by atoms with van der Waals surface area (Å²) in [5, 5.41) is 7.49. The van der Waals surface area contributed by atoms with Gasteiger partial charge in [0.25, 0.3) is 0 Å². The Bertz CT molecular complexity index is 3030. The molecule has 0 bridgehead atoms. The molecule has 0 unspecified atom stereocenters. The fourth-order valence-corrected chi connectivity index (χ4v) is 7.47. The van der Waals surface area contributed by atoms with Crippen LogP contribution < -0.4 is 0 Å². The molecule has 0 aliphatic rings. The molecule has 0 saturated carbocycles. The lowest BCUT2D eigenvalue weighted by molar-refractivity contribution is 0.669. The lowest BCUT2D eigenvalue weighted by atomic mass is 9.85. The number of hydrogen-bond donors (Lipinski definition) is 0. The van der Waals surface area contributed by atoms with Crippen LogP contribution in [0.4, 0.5) is 0 Å². The Kier molecular flexibility index (Phi) is 5.38. The minimum atomic E-state index is -0.241. The van der Waals surface area contributed by atoms with Gasteiger partial charge in [-0.05, 0) is 107 Å². The number of hydrogen-bond acceptors (Lipinski definition) is 1.